The Morgan fingerprint density at radius 3 is 2.53 bits per heavy atom. The van der Waals surface area contributed by atoms with Gasteiger partial charge in [-0.05, 0) is 0 Å². The van der Waals surface area contributed by atoms with Crippen LogP contribution in [0.5, 0.6) is 0 Å². The van der Waals surface area contributed by atoms with Crippen molar-refractivity contribution in [1.82, 2.24) is 0 Å². The predicted octanol–water partition coefficient (Wildman–Crippen LogP) is 0.750. The van der Waals surface area contributed by atoms with Gasteiger partial charge in [-0.3, -0.25) is 4.79 Å². The average Bonchev–Trinajstić information content (AvgIpc) is 2.16. The van der Waals surface area contributed by atoms with Crippen LogP contribution in [0.4, 0.5) is 13.2 Å². The van der Waals surface area contributed by atoms with Gasteiger partial charge in [-0.15, -0.1) is 0 Å². The first-order valence-corrected chi connectivity index (χ1v) is 5.08. The summed E-state index contributed by atoms with van der Waals surface area (Å²) in [6, 6.07) is 0. The van der Waals surface area contributed by atoms with Gasteiger partial charge in [0, 0.05) is 5.75 Å². The number of Topliss-reactive ketones (excluding diaryl/α,β-unsaturated/α-hetero) is 1. The number of thioether (sulfide) groups is 1. The van der Waals surface area contributed by atoms with E-state index in [-0.39, 0.29) is 12.4 Å². The molecular formula is C7H7F3O4S. The number of carbonyl (C=O) groups excluding carboxylic acids is 2. The Kier molecular flexibility index (Phi) is 3.97. The quantitative estimate of drug-likeness (QED) is 0.530. The fraction of sp³-hybridized carbons (Fsp3) is 0.714. The highest BCUT2D eigenvalue weighted by Crippen LogP contribution is 2.19. The summed E-state index contributed by atoms with van der Waals surface area (Å²) in [5, 5.41) is 0. The van der Waals surface area contributed by atoms with Gasteiger partial charge < -0.3 is 9.47 Å². The maximum Gasteiger partial charge on any atom is 0.461 e. The lowest BCUT2D eigenvalue weighted by molar-refractivity contribution is -0.196. The summed E-state index contributed by atoms with van der Waals surface area (Å²) < 4.78 is 44.3. The van der Waals surface area contributed by atoms with E-state index in [1.807, 2.05) is 0 Å². The van der Waals surface area contributed by atoms with Crippen molar-refractivity contribution in [2.45, 2.75) is 12.5 Å². The Hall–Kier alpha value is -0.760. The normalized spacial score (nSPS) is 22.2. The van der Waals surface area contributed by atoms with Gasteiger partial charge >= 0.3 is 17.9 Å². The second-order valence-electron chi connectivity index (χ2n) is 2.61. The van der Waals surface area contributed by atoms with Gasteiger partial charge in [0.1, 0.15) is 0 Å². The molecular weight excluding hydrogens is 237 g/mol. The SMILES string of the molecule is O=C(OC1CSCCO1)C(=O)C(F)(F)F. The van der Waals surface area contributed by atoms with Crippen LogP contribution in [0.15, 0.2) is 0 Å². The van der Waals surface area contributed by atoms with E-state index in [1.54, 1.807) is 0 Å². The largest absolute Gasteiger partial charge is 0.461 e. The molecule has 0 aromatic carbocycles. The highest BCUT2D eigenvalue weighted by Gasteiger charge is 2.45. The summed E-state index contributed by atoms with van der Waals surface area (Å²) in [5.74, 6) is -3.52. The summed E-state index contributed by atoms with van der Waals surface area (Å²) in [6.07, 6.45) is -6.26. The first-order valence-electron chi connectivity index (χ1n) is 3.92. The number of carbonyl (C=O) groups is 2. The van der Waals surface area contributed by atoms with E-state index >= 15 is 0 Å². The molecule has 1 heterocycles. The maximum atomic E-state index is 11.8. The predicted molar refractivity (Wildman–Crippen MR) is 44.2 cm³/mol. The molecule has 0 aliphatic carbocycles. The third-order valence-electron chi connectivity index (χ3n) is 1.47. The Morgan fingerprint density at radius 1 is 1.40 bits per heavy atom. The number of halogens is 3. The molecule has 0 aromatic heterocycles. The number of alkyl halides is 3. The zero-order valence-corrected chi connectivity index (χ0v) is 8.19. The van der Waals surface area contributed by atoms with Crippen LogP contribution in [0.3, 0.4) is 0 Å². The molecule has 1 atom stereocenters. The molecule has 1 aliphatic heterocycles. The van der Waals surface area contributed by atoms with Crippen molar-refractivity contribution in [3.63, 3.8) is 0 Å². The lowest BCUT2D eigenvalue weighted by Gasteiger charge is -2.21. The molecule has 1 aliphatic rings. The zero-order valence-electron chi connectivity index (χ0n) is 7.37. The number of hydrogen-bond acceptors (Lipinski definition) is 5. The van der Waals surface area contributed by atoms with Crippen LogP contribution in [-0.4, -0.2) is 42.3 Å². The number of ketones is 1. The molecule has 8 heteroatoms. The molecule has 1 rings (SSSR count). The smallest absolute Gasteiger partial charge is 0.429 e. The van der Waals surface area contributed by atoms with Gasteiger partial charge in [0.2, 0.25) is 6.29 Å². The van der Waals surface area contributed by atoms with Gasteiger partial charge in [0.15, 0.2) is 0 Å². The van der Waals surface area contributed by atoms with Crippen LogP contribution in [0.2, 0.25) is 0 Å². The molecule has 4 nitrogen and oxygen atoms in total. The van der Waals surface area contributed by atoms with E-state index in [0.717, 1.165) is 0 Å². The van der Waals surface area contributed by atoms with Gasteiger partial charge in [0.25, 0.3) is 0 Å². The van der Waals surface area contributed by atoms with E-state index in [9.17, 15) is 22.8 Å². The molecule has 0 spiro atoms. The Labute approximate surface area is 87.1 Å². The molecule has 0 saturated carbocycles. The van der Waals surface area contributed by atoms with Crippen molar-refractivity contribution in [1.29, 1.82) is 0 Å². The highest BCUT2D eigenvalue weighted by atomic mass is 32.2. The third-order valence-corrected chi connectivity index (χ3v) is 2.43. The van der Waals surface area contributed by atoms with E-state index in [0.29, 0.717) is 5.75 Å². The van der Waals surface area contributed by atoms with Crippen LogP contribution in [-0.2, 0) is 19.1 Å². The van der Waals surface area contributed by atoms with Crippen LogP contribution >= 0.6 is 11.8 Å². The second-order valence-corrected chi connectivity index (χ2v) is 3.76. The third kappa shape index (κ3) is 3.71. The van der Waals surface area contributed by atoms with E-state index in [2.05, 4.69) is 4.74 Å². The van der Waals surface area contributed by atoms with E-state index in [4.69, 9.17) is 4.74 Å². The summed E-state index contributed by atoms with van der Waals surface area (Å²) in [7, 11) is 0. The molecule has 0 N–H and O–H groups in total. The summed E-state index contributed by atoms with van der Waals surface area (Å²) in [5.41, 5.74) is 0. The minimum Gasteiger partial charge on any atom is -0.429 e. The first-order chi connectivity index (χ1) is 6.91. The molecule has 86 valence electrons. The van der Waals surface area contributed by atoms with Crippen molar-refractivity contribution < 1.29 is 32.2 Å². The number of esters is 1. The molecule has 1 saturated heterocycles. The lowest BCUT2D eigenvalue weighted by atomic mass is 10.4. The number of hydrogen-bond donors (Lipinski definition) is 0. The van der Waals surface area contributed by atoms with Crippen LogP contribution in [0, 0.1) is 0 Å². The van der Waals surface area contributed by atoms with Crippen LogP contribution in [0.25, 0.3) is 0 Å². The Bertz CT molecular complexity index is 259. The minimum atomic E-state index is -5.20. The second kappa shape index (κ2) is 4.84. The number of ether oxygens (including phenoxy) is 2. The fourth-order valence-electron chi connectivity index (χ4n) is 0.823. The molecule has 0 radical (unpaired) electrons. The maximum absolute atomic E-state index is 11.8. The van der Waals surface area contributed by atoms with E-state index < -0.39 is 24.2 Å². The lowest BCUT2D eigenvalue weighted by Crippen LogP contribution is -2.37. The van der Waals surface area contributed by atoms with Crippen LogP contribution < -0.4 is 0 Å². The van der Waals surface area contributed by atoms with Crippen molar-refractivity contribution in [3.8, 4) is 0 Å². The van der Waals surface area contributed by atoms with Crippen LogP contribution in [0.1, 0.15) is 0 Å². The summed E-state index contributed by atoms with van der Waals surface area (Å²) in [6.45, 7) is 0.281. The Balaban J connectivity index is 2.44. The average molecular weight is 244 g/mol. The zero-order chi connectivity index (χ0) is 11.5. The number of rotatable bonds is 2. The van der Waals surface area contributed by atoms with Gasteiger partial charge in [0.05, 0.1) is 12.4 Å². The molecule has 0 amide bonds. The van der Waals surface area contributed by atoms with Gasteiger partial charge in [-0.1, -0.05) is 0 Å². The fourth-order valence-corrected chi connectivity index (χ4v) is 1.56. The molecule has 15 heavy (non-hydrogen) atoms. The standard InChI is InChI=1S/C7H7F3O4S/c8-7(9,10)5(11)6(12)14-4-3-15-2-1-13-4/h4H,1-3H2. The summed E-state index contributed by atoms with van der Waals surface area (Å²) >= 11 is 1.37. The van der Waals surface area contributed by atoms with Crippen molar-refractivity contribution in [2.75, 3.05) is 18.1 Å². The topological polar surface area (TPSA) is 52.6 Å². The van der Waals surface area contributed by atoms with Crippen molar-refractivity contribution in [2.24, 2.45) is 0 Å². The molecule has 0 aromatic rings. The van der Waals surface area contributed by atoms with Gasteiger partial charge in [-0.2, -0.15) is 24.9 Å². The first kappa shape index (κ1) is 12.3. The van der Waals surface area contributed by atoms with E-state index in [1.165, 1.54) is 11.8 Å². The van der Waals surface area contributed by atoms with Gasteiger partial charge in [-0.25, -0.2) is 4.79 Å². The molecule has 1 unspecified atom stereocenters. The summed E-state index contributed by atoms with van der Waals surface area (Å²) in [4.78, 5) is 21.1. The van der Waals surface area contributed by atoms with Crippen molar-refractivity contribution in [3.05, 3.63) is 0 Å². The Morgan fingerprint density at radius 2 is 2.07 bits per heavy atom. The molecule has 1 fully saturated rings. The monoisotopic (exact) mass is 244 g/mol. The molecule has 0 bridgehead atoms. The highest BCUT2D eigenvalue weighted by molar-refractivity contribution is 7.99. The minimum absolute atomic E-state index is 0.233. The van der Waals surface area contributed by atoms with Crippen molar-refractivity contribution >= 4 is 23.5 Å².